The quantitative estimate of drug-likeness (QED) is 0.690. The number of ether oxygens (including phenoxy) is 1. The molecule has 0 spiro atoms. The van der Waals surface area contributed by atoms with Crippen LogP contribution in [0.3, 0.4) is 0 Å². The molecular weight excluding hydrogens is 279 g/mol. The van der Waals surface area contributed by atoms with Crippen molar-refractivity contribution in [2.75, 3.05) is 5.32 Å². The molecule has 2 aromatic carbocycles. The summed E-state index contributed by atoms with van der Waals surface area (Å²) in [6.45, 7) is 1.25. The number of carbonyl (C=O) groups is 1. The van der Waals surface area contributed by atoms with Crippen molar-refractivity contribution in [2.24, 2.45) is 0 Å². The summed E-state index contributed by atoms with van der Waals surface area (Å²) in [5.41, 5.74) is -0.238. The number of nitro benzene ring substituents is 1. The van der Waals surface area contributed by atoms with E-state index >= 15 is 0 Å². The van der Waals surface area contributed by atoms with Crippen molar-refractivity contribution in [3.63, 3.8) is 0 Å². The van der Waals surface area contributed by atoms with Gasteiger partial charge in [-0.2, -0.15) is 0 Å². The minimum absolute atomic E-state index is 0.0686. The summed E-state index contributed by atoms with van der Waals surface area (Å²) in [7, 11) is 0. The Kier molecular flexibility index (Phi) is 4.13. The third-order valence-corrected chi connectivity index (χ3v) is 2.51. The van der Waals surface area contributed by atoms with Crippen molar-refractivity contribution < 1.29 is 18.8 Å². The van der Waals surface area contributed by atoms with Crippen LogP contribution in [0.2, 0.25) is 0 Å². The number of carbonyl (C=O) groups excluding carboxylic acids is 1. The molecule has 0 atom stereocenters. The average molecular weight is 290 g/mol. The summed E-state index contributed by atoms with van der Waals surface area (Å²) in [5.74, 6) is -0.508. The number of anilines is 1. The van der Waals surface area contributed by atoms with Crippen molar-refractivity contribution >= 4 is 17.3 Å². The maximum Gasteiger partial charge on any atom is 0.296 e. The Labute approximate surface area is 119 Å². The molecule has 0 heterocycles. The topological polar surface area (TPSA) is 81.5 Å². The molecule has 0 unspecified atom stereocenters. The lowest BCUT2D eigenvalue weighted by atomic mass is 10.2. The van der Waals surface area contributed by atoms with Crippen LogP contribution < -0.4 is 10.1 Å². The summed E-state index contributed by atoms with van der Waals surface area (Å²) >= 11 is 0. The highest BCUT2D eigenvalue weighted by molar-refractivity contribution is 5.91. The van der Waals surface area contributed by atoms with Crippen LogP contribution in [-0.4, -0.2) is 10.8 Å². The van der Waals surface area contributed by atoms with Gasteiger partial charge in [-0.05, 0) is 24.3 Å². The number of halogens is 1. The molecule has 0 radical (unpaired) electrons. The fourth-order valence-corrected chi connectivity index (χ4v) is 1.69. The predicted octanol–water partition coefficient (Wildman–Crippen LogP) is 3.48. The normalized spacial score (nSPS) is 10.0. The maximum absolute atomic E-state index is 13.0. The molecule has 108 valence electrons. The molecular formula is C14H11FN2O4. The summed E-state index contributed by atoms with van der Waals surface area (Å²) in [6.07, 6.45) is 0. The van der Waals surface area contributed by atoms with Crippen molar-refractivity contribution in [1.82, 2.24) is 0 Å². The van der Waals surface area contributed by atoms with Gasteiger partial charge in [0, 0.05) is 13.0 Å². The van der Waals surface area contributed by atoms with Gasteiger partial charge in [0.25, 0.3) is 5.69 Å². The Hall–Kier alpha value is -2.96. The van der Waals surface area contributed by atoms with E-state index in [-0.39, 0.29) is 22.9 Å². The van der Waals surface area contributed by atoms with Gasteiger partial charge < -0.3 is 10.1 Å². The second-order valence-electron chi connectivity index (χ2n) is 4.18. The first-order chi connectivity index (χ1) is 9.95. The first-order valence-corrected chi connectivity index (χ1v) is 5.95. The molecule has 0 saturated heterocycles. The average Bonchev–Trinajstić information content (AvgIpc) is 2.39. The van der Waals surface area contributed by atoms with Crippen molar-refractivity contribution in [2.45, 2.75) is 6.92 Å². The van der Waals surface area contributed by atoms with Gasteiger partial charge in [-0.1, -0.05) is 6.07 Å². The second-order valence-corrected chi connectivity index (χ2v) is 4.18. The van der Waals surface area contributed by atoms with Crippen LogP contribution in [0.5, 0.6) is 11.5 Å². The number of benzene rings is 2. The number of hydrogen-bond acceptors (Lipinski definition) is 4. The van der Waals surface area contributed by atoms with E-state index in [1.807, 2.05) is 0 Å². The van der Waals surface area contributed by atoms with Crippen LogP contribution in [0.4, 0.5) is 15.8 Å². The van der Waals surface area contributed by atoms with Gasteiger partial charge in [0.1, 0.15) is 23.0 Å². The van der Waals surface area contributed by atoms with E-state index in [4.69, 9.17) is 4.74 Å². The molecule has 0 saturated carbocycles. The fourth-order valence-electron chi connectivity index (χ4n) is 1.69. The summed E-state index contributed by atoms with van der Waals surface area (Å²) in [6, 6.07) is 9.37. The van der Waals surface area contributed by atoms with E-state index in [1.165, 1.54) is 37.3 Å². The van der Waals surface area contributed by atoms with Gasteiger partial charge in [0.05, 0.1) is 11.0 Å². The zero-order valence-corrected chi connectivity index (χ0v) is 11.0. The van der Waals surface area contributed by atoms with E-state index in [0.29, 0.717) is 0 Å². The van der Waals surface area contributed by atoms with E-state index < -0.39 is 16.6 Å². The van der Waals surface area contributed by atoms with Crippen LogP contribution >= 0.6 is 0 Å². The van der Waals surface area contributed by atoms with Crippen LogP contribution in [0.1, 0.15) is 6.92 Å². The summed E-state index contributed by atoms with van der Waals surface area (Å²) in [5, 5.41) is 13.4. The van der Waals surface area contributed by atoms with Crippen molar-refractivity contribution in [3.05, 3.63) is 58.4 Å². The van der Waals surface area contributed by atoms with E-state index in [1.54, 1.807) is 0 Å². The lowest BCUT2D eigenvalue weighted by molar-refractivity contribution is -0.384. The first kappa shape index (κ1) is 14.4. The minimum atomic E-state index is -0.635. The minimum Gasteiger partial charge on any atom is -0.457 e. The van der Waals surface area contributed by atoms with Crippen LogP contribution in [-0.2, 0) is 4.79 Å². The van der Waals surface area contributed by atoms with Crippen LogP contribution in [0, 0.1) is 15.9 Å². The van der Waals surface area contributed by atoms with Crippen molar-refractivity contribution in [1.29, 1.82) is 0 Å². The van der Waals surface area contributed by atoms with Gasteiger partial charge >= 0.3 is 0 Å². The third kappa shape index (κ3) is 3.75. The Morgan fingerprint density at radius 3 is 2.57 bits per heavy atom. The largest absolute Gasteiger partial charge is 0.457 e. The highest BCUT2D eigenvalue weighted by Gasteiger charge is 2.16. The first-order valence-electron chi connectivity index (χ1n) is 5.95. The number of nitrogens with one attached hydrogen (secondary N) is 1. The second kappa shape index (κ2) is 6.00. The number of nitro groups is 1. The zero-order chi connectivity index (χ0) is 15.4. The number of amides is 1. The molecule has 0 aliphatic heterocycles. The van der Waals surface area contributed by atoms with Gasteiger partial charge in [-0.3, -0.25) is 14.9 Å². The molecule has 0 aromatic heterocycles. The standard InChI is InChI=1S/C14H11FN2O4/c1-9(18)16-13-6-5-12(8-14(13)17(19)20)21-11-4-2-3-10(15)7-11/h2-8H,1H3,(H,16,18). The highest BCUT2D eigenvalue weighted by atomic mass is 19.1. The molecule has 2 rings (SSSR count). The molecule has 1 amide bonds. The Morgan fingerprint density at radius 1 is 1.24 bits per heavy atom. The summed E-state index contributed by atoms with van der Waals surface area (Å²) in [4.78, 5) is 21.4. The van der Waals surface area contributed by atoms with E-state index in [2.05, 4.69) is 5.32 Å². The van der Waals surface area contributed by atoms with Gasteiger partial charge in [-0.15, -0.1) is 0 Å². The highest BCUT2D eigenvalue weighted by Crippen LogP contribution is 2.31. The molecule has 1 N–H and O–H groups in total. The smallest absolute Gasteiger partial charge is 0.296 e. The van der Waals surface area contributed by atoms with Gasteiger partial charge in [0.15, 0.2) is 0 Å². The Bertz CT molecular complexity index is 703. The van der Waals surface area contributed by atoms with Gasteiger partial charge in [0.2, 0.25) is 5.91 Å². The van der Waals surface area contributed by atoms with Crippen molar-refractivity contribution in [3.8, 4) is 11.5 Å². The third-order valence-electron chi connectivity index (χ3n) is 2.51. The molecule has 2 aromatic rings. The lowest BCUT2D eigenvalue weighted by Crippen LogP contribution is -2.08. The molecule has 0 aliphatic rings. The van der Waals surface area contributed by atoms with Crippen LogP contribution in [0.25, 0.3) is 0 Å². The fraction of sp³-hybridized carbons (Fsp3) is 0.0714. The zero-order valence-electron chi connectivity index (χ0n) is 11.0. The molecule has 0 bridgehead atoms. The van der Waals surface area contributed by atoms with Gasteiger partial charge in [-0.25, -0.2) is 4.39 Å². The Morgan fingerprint density at radius 2 is 1.95 bits per heavy atom. The molecule has 0 fully saturated rings. The predicted molar refractivity (Wildman–Crippen MR) is 73.9 cm³/mol. The molecule has 7 heteroatoms. The molecule has 0 aliphatic carbocycles. The summed E-state index contributed by atoms with van der Waals surface area (Å²) < 4.78 is 18.4. The number of rotatable bonds is 4. The van der Waals surface area contributed by atoms with E-state index in [0.717, 1.165) is 12.1 Å². The monoisotopic (exact) mass is 290 g/mol. The molecule has 21 heavy (non-hydrogen) atoms. The Balaban J connectivity index is 2.31. The maximum atomic E-state index is 13.0. The lowest BCUT2D eigenvalue weighted by Gasteiger charge is -2.08. The molecule has 6 nitrogen and oxygen atoms in total. The number of hydrogen-bond donors (Lipinski definition) is 1. The van der Waals surface area contributed by atoms with E-state index in [9.17, 15) is 19.3 Å². The number of nitrogens with zero attached hydrogens (tertiary/aromatic N) is 1. The van der Waals surface area contributed by atoms with Crippen LogP contribution in [0.15, 0.2) is 42.5 Å². The SMILES string of the molecule is CC(=O)Nc1ccc(Oc2cccc(F)c2)cc1[N+](=O)[O-].